The van der Waals surface area contributed by atoms with Crippen molar-refractivity contribution in [2.45, 2.75) is 56.3 Å². The monoisotopic (exact) mass is 567 g/mol. The van der Waals surface area contributed by atoms with Gasteiger partial charge >= 0.3 is 17.9 Å². The van der Waals surface area contributed by atoms with Crippen LogP contribution in [0.1, 0.15) is 31.2 Å². The lowest BCUT2D eigenvalue weighted by molar-refractivity contribution is -0.147. The zero-order chi connectivity index (χ0) is 30.4. The standard InChI is InChI=1S/C23H33N7O10/c24-13(9-17(32)33)19(36)28-14(2-1-7-27-23(25)26)20(37)29-15(8-11-3-5-12(31)6-4-11)21(38)30-16(22(39)40)10-18(34)35/h3-6,13-16,31H,1-2,7-10,24H2,(H,28,36)(H,29,37)(H,30,38)(H,32,33)(H,34,35)(H,39,40)(H4,25,26,27). The molecule has 4 unspecified atom stereocenters. The molecule has 1 aromatic carbocycles. The number of nitrogens with zero attached hydrogens (tertiary/aromatic N) is 1. The molecule has 0 saturated carbocycles. The fourth-order valence-electron chi connectivity index (χ4n) is 3.33. The second-order valence-electron chi connectivity index (χ2n) is 8.64. The van der Waals surface area contributed by atoms with E-state index in [1.807, 2.05) is 0 Å². The minimum absolute atomic E-state index is 0.0655. The molecular weight excluding hydrogens is 534 g/mol. The first-order chi connectivity index (χ1) is 18.7. The zero-order valence-corrected chi connectivity index (χ0v) is 21.3. The Bertz CT molecular complexity index is 1110. The normalized spacial score (nSPS) is 13.5. The number of benzene rings is 1. The molecule has 3 amide bonds. The Kier molecular flexibility index (Phi) is 13.3. The summed E-state index contributed by atoms with van der Waals surface area (Å²) in [4.78, 5) is 75.8. The first-order valence-corrected chi connectivity index (χ1v) is 11.9. The number of carbonyl (C=O) groups excluding carboxylic acids is 3. The molecule has 13 N–H and O–H groups in total. The quantitative estimate of drug-likeness (QED) is 0.0504. The number of aromatic hydroxyl groups is 1. The Morgan fingerprint density at radius 1 is 0.775 bits per heavy atom. The second kappa shape index (κ2) is 16.1. The summed E-state index contributed by atoms with van der Waals surface area (Å²) >= 11 is 0. The van der Waals surface area contributed by atoms with E-state index in [2.05, 4.69) is 20.9 Å². The predicted octanol–water partition coefficient (Wildman–Crippen LogP) is -3.20. The fraction of sp³-hybridized carbons (Fsp3) is 0.435. The van der Waals surface area contributed by atoms with Crippen LogP contribution in [0.2, 0.25) is 0 Å². The van der Waals surface area contributed by atoms with Gasteiger partial charge in [0.25, 0.3) is 0 Å². The van der Waals surface area contributed by atoms with Gasteiger partial charge in [-0.1, -0.05) is 12.1 Å². The summed E-state index contributed by atoms with van der Waals surface area (Å²) < 4.78 is 0. The molecule has 0 aliphatic rings. The molecule has 4 atom stereocenters. The summed E-state index contributed by atoms with van der Waals surface area (Å²) in [5.74, 6) is -7.67. The van der Waals surface area contributed by atoms with E-state index in [0.717, 1.165) is 0 Å². The topological polar surface area (TPSA) is 310 Å². The number of carbonyl (C=O) groups is 6. The molecular formula is C23H33N7O10. The number of hydrogen-bond acceptors (Lipinski definition) is 9. The average Bonchev–Trinajstić information content (AvgIpc) is 2.85. The highest BCUT2D eigenvalue weighted by atomic mass is 16.4. The summed E-state index contributed by atoms with van der Waals surface area (Å²) in [7, 11) is 0. The summed E-state index contributed by atoms with van der Waals surface area (Å²) in [6, 6.07) is -0.605. The van der Waals surface area contributed by atoms with E-state index in [4.69, 9.17) is 27.4 Å². The van der Waals surface area contributed by atoms with Gasteiger partial charge in [0.2, 0.25) is 17.7 Å². The lowest BCUT2D eigenvalue weighted by Crippen LogP contribution is -2.58. The van der Waals surface area contributed by atoms with E-state index >= 15 is 0 Å². The third-order valence-corrected chi connectivity index (χ3v) is 5.31. The highest BCUT2D eigenvalue weighted by Gasteiger charge is 2.31. The number of aliphatic carboxylic acids is 3. The first kappa shape index (κ1) is 33.1. The van der Waals surface area contributed by atoms with Crippen LogP contribution < -0.4 is 33.2 Å². The molecule has 0 aliphatic heterocycles. The SMILES string of the molecule is NC(N)=NCCCC(NC(=O)C(N)CC(=O)O)C(=O)NC(Cc1ccc(O)cc1)C(=O)NC(CC(=O)O)C(=O)O. The van der Waals surface area contributed by atoms with E-state index in [-0.39, 0.29) is 37.5 Å². The van der Waals surface area contributed by atoms with Crippen LogP contribution in [-0.2, 0) is 35.2 Å². The minimum Gasteiger partial charge on any atom is -0.508 e. The lowest BCUT2D eigenvalue weighted by Gasteiger charge is -2.25. The van der Waals surface area contributed by atoms with Crippen molar-refractivity contribution in [3.8, 4) is 5.75 Å². The Labute approximate surface area is 227 Å². The van der Waals surface area contributed by atoms with Gasteiger partial charge in [-0.15, -0.1) is 0 Å². The maximum Gasteiger partial charge on any atom is 0.326 e. The number of phenols is 1. The van der Waals surface area contributed by atoms with Gasteiger partial charge in [0.1, 0.15) is 23.9 Å². The first-order valence-electron chi connectivity index (χ1n) is 11.9. The maximum absolute atomic E-state index is 13.2. The number of phenolic OH excluding ortho intramolecular Hbond substituents is 1. The van der Waals surface area contributed by atoms with Crippen LogP contribution in [0.25, 0.3) is 0 Å². The molecule has 1 aromatic rings. The van der Waals surface area contributed by atoms with E-state index in [0.29, 0.717) is 5.56 Å². The van der Waals surface area contributed by atoms with Crippen molar-refractivity contribution >= 4 is 41.6 Å². The number of hydrogen-bond donors (Lipinski definition) is 10. The molecule has 0 bridgehead atoms. The highest BCUT2D eigenvalue weighted by molar-refractivity contribution is 5.95. The van der Waals surface area contributed by atoms with Gasteiger partial charge in [-0.25, -0.2) is 4.79 Å². The average molecular weight is 568 g/mol. The van der Waals surface area contributed by atoms with E-state index in [9.17, 15) is 39.0 Å². The van der Waals surface area contributed by atoms with Gasteiger partial charge in [-0.3, -0.25) is 29.0 Å². The van der Waals surface area contributed by atoms with Crippen LogP contribution in [-0.4, -0.2) is 92.7 Å². The van der Waals surface area contributed by atoms with E-state index in [1.54, 1.807) is 0 Å². The molecule has 1 rings (SSSR count). The van der Waals surface area contributed by atoms with Gasteiger partial charge in [0.05, 0.1) is 18.9 Å². The van der Waals surface area contributed by atoms with Crippen molar-refractivity contribution < 1.29 is 49.2 Å². The molecule has 0 saturated heterocycles. The molecule has 0 fully saturated rings. The summed E-state index contributed by atoms with van der Waals surface area (Å²) in [5.41, 5.74) is 16.6. The highest BCUT2D eigenvalue weighted by Crippen LogP contribution is 2.12. The molecule has 17 nitrogen and oxygen atoms in total. The summed E-state index contributed by atoms with van der Waals surface area (Å²) in [6.45, 7) is 0.0655. The number of guanidine groups is 1. The number of nitrogens with two attached hydrogens (primary N) is 3. The van der Waals surface area contributed by atoms with Crippen molar-refractivity contribution in [3.63, 3.8) is 0 Å². The van der Waals surface area contributed by atoms with Crippen molar-refractivity contribution in [1.82, 2.24) is 16.0 Å². The Balaban J connectivity index is 3.21. The number of rotatable bonds is 17. The third kappa shape index (κ3) is 12.5. The third-order valence-electron chi connectivity index (χ3n) is 5.31. The second-order valence-corrected chi connectivity index (χ2v) is 8.64. The van der Waals surface area contributed by atoms with E-state index < -0.39 is 72.6 Å². The van der Waals surface area contributed by atoms with Crippen molar-refractivity contribution in [2.75, 3.05) is 6.54 Å². The molecule has 0 aliphatic carbocycles. The number of aliphatic imine (C=N–C) groups is 1. The van der Waals surface area contributed by atoms with Crippen LogP contribution in [0.5, 0.6) is 5.75 Å². The zero-order valence-electron chi connectivity index (χ0n) is 21.3. The lowest BCUT2D eigenvalue weighted by atomic mass is 10.0. The Morgan fingerprint density at radius 2 is 1.30 bits per heavy atom. The number of carboxylic acid groups (broad SMARTS) is 3. The van der Waals surface area contributed by atoms with Crippen LogP contribution in [0.3, 0.4) is 0 Å². The van der Waals surface area contributed by atoms with Crippen LogP contribution in [0.15, 0.2) is 29.3 Å². The molecule has 0 spiro atoms. The Morgan fingerprint density at radius 3 is 1.82 bits per heavy atom. The van der Waals surface area contributed by atoms with Crippen LogP contribution in [0.4, 0.5) is 0 Å². The number of nitrogens with one attached hydrogen (secondary N) is 3. The smallest absolute Gasteiger partial charge is 0.326 e. The Hall–Kier alpha value is -4.93. The summed E-state index contributed by atoms with van der Waals surface area (Å²) in [6.07, 6.45) is -1.78. The van der Waals surface area contributed by atoms with Crippen molar-refractivity contribution in [2.24, 2.45) is 22.2 Å². The summed E-state index contributed by atoms with van der Waals surface area (Å²) in [5, 5.41) is 43.5. The number of carboxylic acids is 3. The van der Waals surface area contributed by atoms with Gasteiger partial charge in [0, 0.05) is 13.0 Å². The molecule has 0 radical (unpaired) electrons. The van der Waals surface area contributed by atoms with Crippen molar-refractivity contribution in [3.05, 3.63) is 29.8 Å². The van der Waals surface area contributed by atoms with Gasteiger partial charge in [-0.2, -0.15) is 0 Å². The molecule has 17 heteroatoms. The predicted molar refractivity (Wildman–Crippen MR) is 138 cm³/mol. The van der Waals surface area contributed by atoms with Gasteiger partial charge in [0.15, 0.2) is 5.96 Å². The molecule has 0 heterocycles. The van der Waals surface area contributed by atoms with Gasteiger partial charge in [-0.05, 0) is 30.5 Å². The molecule has 0 aromatic heterocycles. The molecule has 40 heavy (non-hydrogen) atoms. The largest absolute Gasteiger partial charge is 0.508 e. The van der Waals surface area contributed by atoms with E-state index in [1.165, 1.54) is 24.3 Å². The molecule has 220 valence electrons. The van der Waals surface area contributed by atoms with Crippen molar-refractivity contribution in [1.29, 1.82) is 0 Å². The van der Waals surface area contributed by atoms with Crippen LogP contribution in [0, 0.1) is 0 Å². The minimum atomic E-state index is -1.81. The van der Waals surface area contributed by atoms with Gasteiger partial charge < -0.3 is 53.6 Å². The van der Waals surface area contributed by atoms with Crippen LogP contribution >= 0.6 is 0 Å². The number of amides is 3. The maximum atomic E-state index is 13.2. The fourth-order valence-corrected chi connectivity index (χ4v) is 3.33.